The maximum absolute atomic E-state index is 12.7. The molecule has 0 aliphatic carbocycles. The number of rotatable bonds is 7. The van der Waals surface area contributed by atoms with Gasteiger partial charge in [0.05, 0.1) is 23.0 Å². The number of carbonyl (C=O) groups is 1. The van der Waals surface area contributed by atoms with Crippen LogP contribution in [0.3, 0.4) is 0 Å². The highest BCUT2D eigenvalue weighted by Gasteiger charge is 2.23. The highest BCUT2D eigenvalue weighted by molar-refractivity contribution is 7.89. The molecule has 0 saturated carbocycles. The van der Waals surface area contributed by atoms with Crippen molar-refractivity contribution in [2.24, 2.45) is 0 Å². The van der Waals surface area contributed by atoms with Crippen molar-refractivity contribution in [3.05, 3.63) is 69.8 Å². The maximum atomic E-state index is 12.7. The Kier molecular flexibility index (Phi) is 6.49. The molecule has 0 saturated heterocycles. The first-order valence-corrected chi connectivity index (χ1v) is 9.68. The third kappa shape index (κ3) is 4.35. The van der Waals surface area contributed by atoms with E-state index in [9.17, 15) is 23.3 Å². The average Bonchev–Trinajstić information content (AvgIpc) is 2.71. The molecule has 0 aliphatic heterocycles. The normalized spacial score (nSPS) is 12.6. The minimum atomic E-state index is -3.80. The van der Waals surface area contributed by atoms with Gasteiger partial charge in [0.1, 0.15) is 0 Å². The van der Waals surface area contributed by atoms with Crippen LogP contribution in [0.1, 0.15) is 28.9 Å². The lowest BCUT2D eigenvalue weighted by molar-refractivity contribution is -0.384. The molecule has 1 amide bonds. The van der Waals surface area contributed by atoms with Gasteiger partial charge in [0.25, 0.3) is 21.6 Å². The standard InChI is InChI=1S/C18H21N3O6S/c1-13(15-6-5-7-16(12-15)21(23)24)19(2)18(22)14-8-10-17(11-9-14)28(25,26)20(3)27-4/h5-13H,1-4H3/t13-/m0/s1. The summed E-state index contributed by atoms with van der Waals surface area (Å²) < 4.78 is 25.1. The molecule has 2 aromatic carbocycles. The van der Waals surface area contributed by atoms with Crippen molar-refractivity contribution in [2.75, 3.05) is 21.2 Å². The molecular formula is C18H21N3O6S. The van der Waals surface area contributed by atoms with E-state index in [-0.39, 0.29) is 16.5 Å². The van der Waals surface area contributed by atoms with Crippen LogP contribution in [0.15, 0.2) is 53.4 Å². The van der Waals surface area contributed by atoms with Crippen LogP contribution in [0.2, 0.25) is 0 Å². The molecule has 28 heavy (non-hydrogen) atoms. The lowest BCUT2D eigenvalue weighted by atomic mass is 10.1. The van der Waals surface area contributed by atoms with Crippen LogP contribution >= 0.6 is 0 Å². The van der Waals surface area contributed by atoms with Crippen LogP contribution in [0.4, 0.5) is 5.69 Å². The second-order valence-electron chi connectivity index (χ2n) is 6.07. The lowest BCUT2D eigenvalue weighted by Gasteiger charge is -2.25. The van der Waals surface area contributed by atoms with Gasteiger partial charge in [-0.3, -0.25) is 19.7 Å². The fourth-order valence-electron chi connectivity index (χ4n) is 2.52. The minimum Gasteiger partial charge on any atom is -0.335 e. The van der Waals surface area contributed by atoms with E-state index in [0.29, 0.717) is 11.1 Å². The number of non-ortho nitro benzene ring substituents is 1. The molecule has 2 rings (SSSR count). The number of nitro benzene ring substituents is 1. The molecular weight excluding hydrogens is 386 g/mol. The fourth-order valence-corrected chi connectivity index (χ4v) is 3.49. The van der Waals surface area contributed by atoms with Crippen LogP contribution in [0, 0.1) is 10.1 Å². The highest BCUT2D eigenvalue weighted by atomic mass is 32.2. The minimum absolute atomic E-state index is 0.0113. The molecule has 0 bridgehead atoms. The van der Waals surface area contributed by atoms with E-state index >= 15 is 0 Å². The first-order chi connectivity index (χ1) is 13.1. The predicted molar refractivity (Wildman–Crippen MR) is 102 cm³/mol. The molecule has 0 heterocycles. The molecule has 0 aliphatic rings. The zero-order chi connectivity index (χ0) is 21.1. The molecule has 2 aromatic rings. The molecule has 150 valence electrons. The summed E-state index contributed by atoms with van der Waals surface area (Å²) in [5.74, 6) is -0.344. The SMILES string of the molecule is CON(C)S(=O)(=O)c1ccc(C(=O)N(C)[C@@H](C)c2cccc([N+](=O)[O-])c2)cc1. The molecule has 0 radical (unpaired) electrons. The Morgan fingerprint density at radius 2 is 1.75 bits per heavy atom. The number of hydroxylamine groups is 1. The third-order valence-corrected chi connectivity index (χ3v) is 6.15. The monoisotopic (exact) mass is 407 g/mol. The van der Waals surface area contributed by atoms with Crippen molar-refractivity contribution >= 4 is 21.6 Å². The number of sulfonamides is 1. The van der Waals surface area contributed by atoms with E-state index in [1.165, 1.54) is 55.5 Å². The van der Waals surface area contributed by atoms with Crippen LogP contribution < -0.4 is 0 Å². The second kappa shape index (κ2) is 8.46. The number of hydrogen-bond donors (Lipinski definition) is 0. The Labute approximate surface area is 163 Å². The van der Waals surface area contributed by atoms with Gasteiger partial charge in [-0.15, -0.1) is 0 Å². The van der Waals surface area contributed by atoms with E-state index in [0.717, 1.165) is 4.47 Å². The summed E-state index contributed by atoms with van der Waals surface area (Å²) >= 11 is 0. The van der Waals surface area contributed by atoms with Gasteiger partial charge in [-0.05, 0) is 36.8 Å². The zero-order valence-electron chi connectivity index (χ0n) is 15.9. The predicted octanol–water partition coefficient (Wildman–Crippen LogP) is 2.61. The van der Waals surface area contributed by atoms with Gasteiger partial charge in [-0.2, -0.15) is 0 Å². The number of benzene rings is 2. The van der Waals surface area contributed by atoms with Crippen LogP contribution in [0.5, 0.6) is 0 Å². The van der Waals surface area contributed by atoms with E-state index in [4.69, 9.17) is 4.84 Å². The van der Waals surface area contributed by atoms with E-state index in [1.807, 2.05) is 0 Å². The van der Waals surface area contributed by atoms with Gasteiger partial charge in [-0.25, -0.2) is 8.42 Å². The summed E-state index contributed by atoms with van der Waals surface area (Å²) in [5, 5.41) is 10.9. The number of carbonyl (C=O) groups excluding carboxylic acids is 1. The molecule has 1 atom stereocenters. The van der Waals surface area contributed by atoms with Crippen molar-refractivity contribution < 1.29 is 23.0 Å². The van der Waals surface area contributed by atoms with Crippen LogP contribution in [-0.2, 0) is 14.9 Å². The summed E-state index contributed by atoms with van der Waals surface area (Å²) in [6.07, 6.45) is 0. The number of amides is 1. The van der Waals surface area contributed by atoms with Gasteiger partial charge in [0.15, 0.2) is 0 Å². The first-order valence-electron chi connectivity index (χ1n) is 8.24. The van der Waals surface area contributed by atoms with Crippen molar-refractivity contribution in [1.29, 1.82) is 0 Å². The molecule has 9 nitrogen and oxygen atoms in total. The first kappa shape index (κ1) is 21.5. The third-order valence-electron chi connectivity index (χ3n) is 4.46. The zero-order valence-corrected chi connectivity index (χ0v) is 16.7. The van der Waals surface area contributed by atoms with Crippen LogP contribution in [-0.4, -0.2) is 49.8 Å². The Morgan fingerprint density at radius 1 is 1.14 bits per heavy atom. The smallest absolute Gasteiger partial charge is 0.269 e. The Bertz CT molecular complexity index is 975. The Balaban J connectivity index is 2.23. The summed E-state index contributed by atoms with van der Waals surface area (Å²) in [6, 6.07) is 11.1. The van der Waals surface area contributed by atoms with E-state index in [1.54, 1.807) is 26.1 Å². The quantitative estimate of drug-likeness (QED) is 0.515. The summed E-state index contributed by atoms with van der Waals surface area (Å²) in [6.45, 7) is 1.75. The Hall–Kier alpha value is -2.82. The van der Waals surface area contributed by atoms with Gasteiger partial charge in [-0.1, -0.05) is 16.6 Å². The van der Waals surface area contributed by atoms with Gasteiger partial charge in [0.2, 0.25) is 0 Å². The van der Waals surface area contributed by atoms with Crippen molar-refractivity contribution in [2.45, 2.75) is 17.9 Å². The molecule has 0 spiro atoms. The lowest BCUT2D eigenvalue weighted by Crippen LogP contribution is -2.30. The summed E-state index contributed by atoms with van der Waals surface area (Å²) in [5.41, 5.74) is 0.854. The number of hydrogen-bond acceptors (Lipinski definition) is 6. The maximum Gasteiger partial charge on any atom is 0.269 e. The topological polar surface area (TPSA) is 110 Å². The molecule has 0 N–H and O–H groups in total. The summed E-state index contributed by atoms with van der Waals surface area (Å²) in [7, 11) is 0.280. The van der Waals surface area contributed by atoms with Crippen molar-refractivity contribution in [3.8, 4) is 0 Å². The van der Waals surface area contributed by atoms with E-state index < -0.39 is 21.0 Å². The fraction of sp³-hybridized carbons (Fsp3) is 0.278. The molecule has 0 fully saturated rings. The van der Waals surface area contributed by atoms with Crippen molar-refractivity contribution in [3.63, 3.8) is 0 Å². The van der Waals surface area contributed by atoms with Gasteiger partial charge < -0.3 is 4.90 Å². The molecule has 10 heteroatoms. The average molecular weight is 407 g/mol. The molecule has 0 aromatic heterocycles. The van der Waals surface area contributed by atoms with E-state index in [2.05, 4.69) is 0 Å². The highest BCUT2D eigenvalue weighted by Crippen LogP contribution is 2.25. The van der Waals surface area contributed by atoms with Crippen molar-refractivity contribution in [1.82, 2.24) is 9.37 Å². The number of nitrogens with zero attached hydrogens (tertiary/aromatic N) is 3. The van der Waals surface area contributed by atoms with Crippen LogP contribution in [0.25, 0.3) is 0 Å². The summed E-state index contributed by atoms with van der Waals surface area (Å²) in [4.78, 5) is 29.3. The second-order valence-corrected chi connectivity index (χ2v) is 8.00. The number of nitro groups is 1. The molecule has 0 unspecified atom stereocenters. The van der Waals surface area contributed by atoms with Gasteiger partial charge >= 0.3 is 0 Å². The largest absolute Gasteiger partial charge is 0.335 e. The Morgan fingerprint density at radius 3 is 2.29 bits per heavy atom. The van der Waals surface area contributed by atoms with Gasteiger partial charge in [0, 0.05) is 31.8 Å².